The van der Waals surface area contributed by atoms with Crippen molar-refractivity contribution in [1.82, 2.24) is 9.97 Å². The molecule has 19 heavy (non-hydrogen) atoms. The number of aromatic amines is 1. The summed E-state index contributed by atoms with van der Waals surface area (Å²) in [5.41, 5.74) is 2.32. The van der Waals surface area contributed by atoms with Gasteiger partial charge in [0.1, 0.15) is 10.5 Å². The molecule has 0 amide bonds. The van der Waals surface area contributed by atoms with Crippen LogP contribution in [0.4, 0.5) is 0 Å². The van der Waals surface area contributed by atoms with Crippen LogP contribution in [-0.2, 0) is 16.8 Å². The molecule has 1 N–H and O–H groups in total. The largest absolute Gasteiger partial charge is 0.378 e. The number of aromatic nitrogens is 2. The van der Waals surface area contributed by atoms with E-state index in [1.54, 1.807) is 7.11 Å². The lowest BCUT2D eigenvalue weighted by atomic mass is 9.95. The summed E-state index contributed by atoms with van der Waals surface area (Å²) in [6, 6.07) is 12.4. The van der Waals surface area contributed by atoms with Crippen molar-refractivity contribution < 1.29 is 4.74 Å². The molecule has 0 radical (unpaired) electrons. The maximum atomic E-state index is 5.26. The molecule has 0 atom stereocenters. The minimum absolute atomic E-state index is 0.0264. The SMILES string of the molecule is COCc1cc(=S)nc(C2(c3ccccc3)CC2)[nH]1. The smallest absolute Gasteiger partial charge is 0.130 e. The number of hydrogen-bond acceptors (Lipinski definition) is 3. The van der Waals surface area contributed by atoms with Gasteiger partial charge in [0.05, 0.1) is 12.0 Å². The third-order valence-corrected chi connectivity index (χ3v) is 3.84. The van der Waals surface area contributed by atoms with Crippen LogP contribution in [0.2, 0.25) is 0 Å². The second-order valence-corrected chi connectivity index (χ2v) is 5.39. The van der Waals surface area contributed by atoms with Crippen molar-refractivity contribution in [1.29, 1.82) is 0 Å². The van der Waals surface area contributed by atoms with E-state index in [2.05, 4.69) is 34.2 Å². The maximum Gasteiger partial charge on any atom is 0.130 e. The first-order valence-electron chi connectivity index (χ1n) is 6.40. The van der Waals surface area contributed by atoms with Gasteiger partial charge in [0, 0.05) is 12.8 Å². The second kappa shape index (κ2) is 4.87. The van der Waals surface area contributed by atoms with Gasteiger partial charge >= 0.3 is 0 Å². The van der Waals surface area contributed by atoms with Gasteiger partial charge in [0.2, 0.25) is 0 Å². The quantitative estimate of drug-likeness (QED) is 0.867. The molecule has 1 saturated carbocycles. The Balaban J connectivity index is 2.05. The highest BCUT2D eigenvalue weighted by Crippen LogP contribution is 2.51. The summed E-state index contributed by atoms with van der Waals surface area (Å²) in [6.07, 6.45) is 2.23. The number of hydrogen-bond donors (Lipinski definition) is 1. The van der Waals surface area contributed by atoms with Gasteiger partial charge in [-0.05, 0) is 24.5 Å². The highest BCUT2D eigenvalue weighted by atomic mass is 32.1. The Kier molecular flexibility index (Phi) is 3.21. The molecule has 1 fully saturated rings. The van der Waals surface area contributed by atoms with E-state index >= 15 is 0 Å². The van der Waals surface area contributed by atoms with E-state index in [0.29, 0.717) is 11.2 Å². The van der Waals surface area contributed by atoms with Gasteiger partial charge in [0.15, 0.2) is 0 Å². The van der Waals surface area contributed by atoms with E-state index in [1.165, 1.54) is 5.56 Å². The molecule has 4 heteroatoms. The maximum absolute atomic E-state index is 5.26. The molecule has 0 bridgehead atoms. The fourth-order valence-electron chi connectivity index (χ4n) is 2.51. The lowest BCUT2D eigenvalue weighted by molar-refractivity contribution is 0.181. The molecule has 0 aliphatic heterocycles. The lowest BCUT2D eigenvalue weighted by Crippen LogP contribution is -2.14. The molecule has 3 nitrogen and oxygen atoms in total. The molecule has 1 aromatic carbocycles. The zero-order valence-corrected chi connectivity index (χ0v) is 11.7. The molecular weight excluding hydrogens is 256 g/mol. The van der Waals surface area contributed by atoms with Crippen molar-refractivity contribution in [3.05, 3.63) is 58.1 Å². The number of nitrogens with one attached hydrogen (secondary N) is 1. The molecule has 1 aliphatic rings. The van der Waals surface area contributed by atoms with Gasteiger partial charge in [-0.3, -0.25) is 0 Å². The van der Waals surface area contributed by atoms with Gasteiger partial charge < -0.3 is 9.72 Å². The van der Waals surface area contributed by atoms with Gasteiger partial charge in [-0.2, -0.15) is 0 Å². The Morgan fingerprint density at radius 3 is 2.68 bits per heavy atom. The van der Waals surface area contributed by atoms with Crippen molar-refractivity contribution in [3.63, 3.8) is 0 Å². The van der Waals surface area contributed by atoms with E-state index in [-0.39, 0.29) is 5.41 Å². The minimum atomic E-state index is 0.0264. The van der Waals surface area contributed by atoms with E-state index in [4.69, 9.17) is 17.0 Å². The summed E-state index contributed by atoms with van der Waals surface area (Å²) >= 11 is 5.26. The first-order chi connectivity index (χ1) is 9.24. The predicted octanol–water partition coefficient (Wildman–Crippen LogP) is 3.37. The number of rotatable bonds is 4. The summed E-state index contributed by atoms with van der Waals surface area (Å²) in [4.78, 5) is 7.92. The van der Waals surface area contributed by atoms with Crippen LogP contribution in [0.25, 0.3) is 0 Å². The molecule has 1 heterocycles. The second-order valence-electron chi connectivity index (χ2n) is 4.97. The van der Waals surface area contributed by atoms with Crippen LogP contribution in [0.1, 0.15) is 29.9 Å². The standard InChI is InChI=1S/C15H16N2OS/c1-18-10-12-9-13(19)17-14(16-12)15(7-8-15)11-5-3-2-4-6-11/h2-6,9H,7-8,10H2,1H3,(H,16,17,19). The minimum Gasteiger partial charge on any atom is -0.378 e. The van der Waals surface area contributed by atoms with Crippen LogP contribution in [0.15, 0.2) is 36.4 Å². The van der Waals surface area contributed by atoms with Crippen molar-refractivity contribution in [2.45, 2.75) is 24.9 Å². The Hall–Kier alpha value is -1.52. The first kappa shape index (κ1) is 12.5. The fraction of sp³-hybridized carbons (Fsp3) is 0.333. The molecule has 98 valence electrons. The molecule has 0 saturated heterocycles. The van der Waals surface area contributed by atoms with E-state index < -0.39 is 0 Å². The van der Waals surface area contributed by atoms with Crippen molar-refractivity contribution >= 4 is 12.2 Å². The van der Waals surface area contributed by atoms with Gasteiger partial charge in [-0.25, -0.2) is 4.98 Å². The van der Waals surface area contributed by atoms with Crippen LogP contribution in [0.3, 0.4) is 0 Å². The average Bonchev–Trinajstić information content (AvgIpc) is 3.21. The number of nitrogens with zero attached hydrogens (tertiary/aromatic N) is 1. The predicted molar refractivity (Wildman–Crippen MR) is 76.6 cm³/mol. The first-order valence-corrected chi connectivity index (χ1v) is 6.81. The summed E-state index contributed by atoms with van der Waals surface area (Å²) in [5.74, 6) is 0.971. The molecule has 2 aromatic rings. The number of H-pyrrole nitrogens is 1. The molecule has 1 aliphatic carbocycles. The van der Waals surface area contributed by atoms with Crippen LogP contribution in [0, 0.1) is 4.64 Å². The number of methoxy groups -OCH3 is 1. The molecular formula is C15H16N2OS. The topological polar surface area (TPSA) is 37.9 Å². The van der Waals surface area contributed by atoms with Crippen LogP contribution >= 0.6 is 12.2 Å². The normalized spacial score (nSPS) is 16.3. The van der Waals surface area contributed by atoms with Crippen LogP contribution in [0.5, 0.6) is 0 Å². The van der Waals surface area contributed by atoms with Crippen molar-refractivity contribution in [3.8, 4) is 0 Å². The van der Waals surface area contributed by atoms with E-state index in [0.717, 1.165) is 24.4 Å². The molecule has 0 unspecified atom stereocenters. The number of ether oxygens (including phenoxy) is 1. The summed E-state index contributed by atoms with van der Waals surface area (Å²) in [7, 11) is 1.68. The average molecular weight is 272 g/mol. The third kappa shape index (κ3) is 2.33. The van der Waals surface area contributed by atoms with Gasteiger partial charge in [-0.1, -0.05) is 42.5 Å². The number of benzene rings is 1. The summed E-state index contributed by atoms with van der Waals surface area (Å²) in [5, 5.41) is 0. The molecule has 3 rings (SSSR count). The highest BCUT2D eigenvalue weighted by Gasteiger charge is 2.48. The fourth-order valence-corrected chi connectivity index (χ4v) is 2.75. The Bertz CT molecular complexity index is 632. The Morgan fingerprint density at radius 1 is 1.32 bits per heavy atom. The van der Waals surface area contributed by atoms with Crippen LogP contribution in [-0.4, -0.2) is 17.1 Å². The van der Waals surface area contributed by atoms with E-state index in [9.17, 15) is 0 Å². The molecule has 1 aromatic heterocycles. The Morgan fingerprint density at radius 2 is 2.05 bits per heavy atom. The summed E-state index contributed by atoms with van der Waals surface area (Å²) < 4.78 is 5.80. The summed E-state index contributed by atoms with van der Waals surface area (Å²) in [6.45, 7) is 0.532. The lowest BCUT2D eigenvalue weighted by Gasteiger charge is -2.16. The van der Waals surface area contributed by atoms with Gasteiger partial charge in [0.25, 0.3) is 0 Å². The van der Waals surface area contributed by atoms with Gasteiger partial charge in [-0.15, -0.1) is 0 Å². The monoisotopic (exact) mass is 272 g/mol. The molecule has 0 spiro atoms. The van der Waals surface area contributed by atoms with Crippen molar-refractivity contribution in [2.24, 2.45) is 0 Å². The van der Waals surface area contributed by atoms with Crippen molar-refractivity contribution in [2.75, 3.05) is 7.11 Å². The Labute approximate surface area is 117 Å². The highest BCUT2D eigenvalue weighted by molar-refractivity contribution is 7.71. The third-order valence-electron chi connectivity index (χ3n) is 3.63. The zero-order chi connectivity index (χ0) is 13.3. The van der Waals surface area contributed by atoms with Crippen LogP contribution < -0.4 is 0 Å². The van der Waals surface area contributed by atoms with E-state index in [1.807, 2.05) is 12.1 Å². The zero-order valence-electron chi connectivity index (χ0n) is 10.8.